The Morgan fingerprint density at radius 3 is 2.96 bits per heavy atom. The molecule has 0 aromatic carbocycles. The fraction of sp³-hybridized carbons (Fsp3) is 0.500. The van der Waals surface area contributed by atoms with Crippen LogP contribution in [0.25, 0.3) is 0 Å². The first kappa shape index (κ1) is 16.6. The zero-order valence-electron chi connectivity index (χ0n) is 14.4. The molecule has 6 nitrogen and oxygen atoms in total. The average Bonchev–Trinajstić information content (AvgIpc) is 2.79. The van der Waals surface area contributed by atoms with Crippen molar-refractivity contribution in [3.8, 4) is 0 Å². The van der Waals surface area contributed by atoms with Gasteiger partial charge in [0.05, 0.1) is 17.9 Å². The van der Waals surface area contributed by atoms with Crippen molar-refractivity contribution in [1.82, 2.24) is 25.0 Å². The van der Waals surface area contributed by atoms with Gasteiger partial charge in [-0.2, -0.15) is 5.10 Å². The Kier molecular flexibility index (Phi) is 5.25. The quantitative estimate of drug-likeness (QED) is 0.932. The van der Waals surface area contributed by atoms with E-state index in [0.717, 1.165) is 43.7 Å². The highest BCUT2D eigenvalue weighted by molar-refractivity contribution is 5.92. The molecule has 6 heteroatoms. The van der Waals surface area contributed by atoms with E-state index < -0.39 is 0 Å². The number of hydrogen-bond acceptors (Lipinski definition) is 4. The maximum Gasteiger partial charge on any atom is 0.272 e. The molecule has 1 saturated heterocycles. The zero-order chi connectivity index (χ0) is 16.9. The van der Waals surface area contributed by atoms with E-state index in [1.165, 1.54) is 0 Å². The zero-order valence-corrected chi connectivity index (χ0v) is 14.4. The number of carbonyl (C=O) groups excluding carboxylic acids is 1. The first-order valence-corrected chi connectivity index (χ1v) is 8.57. The lowest BCUT2D eigenvalue weighted by atomic mass is 10.1. The van der Waals surface area contributed by atoms with E-state index in [2.05, 4.69) is 15.4 Å². The van der Waals surface area contributed by atoms with Crippen molar-refractivity contribution >= 4 is 5.91 Å². The summed E-state index contributed by atoms with van der Waals surface area (Å²) < 4.78 is 1.68. The molecule has 1 aliphatic heterocycles. The van der Waals surface area contributed by atoms with Crippen LogP contribution >= 0.6 is 0 Å². The van der Waals surface area contributed by atoms with E-state index in [-0.39, 0.29) is 11.9 Å². The Bertz CT molecular complexity index is 674. The Labute approximate surface area is 142 Å². The first-order valence-electron chi connectivity index (χ1n) is 8.57. The van der Waals surface area contributed by atoms with Gasteiger partial charge in [-0.05, 0) is 57.5 Å². The number of hydrogen-bond donors (Lipinski definition) is 1. The van der Waals surface area contributed by atoms with Crippen LogP contribution in [0.5, 0.6) is 0 Å². The molecule has 0 aliphatic carbocycles. The lowest BCUT2D eigenvalue weighted by Gasteiger charge is -2.31. The minimum absolute atomic E-state index is 0.0376. The molecule has 1 unspecified atom stereocenters. The van der Waals surface area contributed by atoms with Crippen LogP contribution in [0, 0.1) is 6.92 Å². The van der Waals surface area contributed by atoms with Gasteiger partial charge in [0.25, 0.3) is 5.91 Å². The summed E-state index contributed by atoms with van der Waals surface area (Å²) in [6.07, 6.45) is 4.85. The van der Waals surface area contributed by atoms with Crippen molar-refractivity contribution in [2.45, 2.75) is 38.8 Å². The standard InChI is InChI=1S/C18H25N5O/c1-14-12-17(22(2)21-14)18(24)23(13-15-6-3-4-10-20-15)16-7-5-9-19-11-8-16/h3-4,6,10,12,16,19H,5,7-9,11,13H2,1-2H3. The third-order valence-corrected chi connectivity index (χ3v) is 4.53. The van der Waals surface area contributed by atoms with E-state index in [4.69, 9.17) is 0 Å². The fourth-order valence-corrected chi connectivity index (χ4v) is 3.30. The van der Waals surface area contributed by atoms with Crippen LogP contribution in [0.1, 0.15) is 41.1 Å². The molecule has 1 amide bonds. The number of aryl methyl sites for hydroxylation is 2. The number of nitrogens with zero attached hydrogens (tertiary/aromatic N) is 4. The second-order valence-corrected chi connectivity index (χ2v) is 6.38. The lowest BCUT2D eigenvalue weighted by Crippen LogP contribution is -2.41. The van der Waals surface area contributed by atoms with Crippen LogP contribution in [0.4, 0.5) is 0 Å². The molecule has 3 heterocycles. The summed E-state index contributed by atoms with van der Waals surface area (Å²) in [4.78, 5) is 19.6. The topological polar surface area (TPSA) is 63.1 Å². The van der Waals surface area contributed by atoms with Crippen LogP contribution in [0.2, 0.25) is 0 Å². The predicted molar refractivity (Wildman–Crippen MR) is 92.6 cm³/mol. The summed E-state index contributed by atoms with van der Waals surface area (Å²) in [5.74, 6) is 0.0376. The summed E-state index contributed by atoms with van der Waals surface area (Å²) in [7, 11) is 1.83. The predicted octanol–water partition coefficient (Wildman–Crippen LogP) is 1.91. The number of nitrogens with one attached hydrogen (secondary N) is 1. The summed E-state index contributed by atoms with van der Waals surface area (Å²) in [5, 5.41) is 7.75. The molecule has 0 radical (unpaired) electrons. The van der Waals surface area contributed by atoms with Gasteiger partial charge in [-0.3, -0.25) is 14.5 Å². The number of amides is 1. The normalized spacial score (nSPS) is 18.2. The van der Waals surface area contributed by atoms with Crippen molar-refractivity contribution in [3.05, 3.63) is 47.5 Å². The molecular formula is C18H25N5O. The van der Waals surface area contributed by atoms with Gasteiger partial charge in [0.15, 0.2) is 0 Å². The molecule has 24 heavy (non-hydrogen) atoms. The monoisotopic (exact) mass is 327 g/mol. The van der Waals surface area contributed by atoms with Gasteiger partial charge in [-0.1, -0.05) is 6.07 Å². The average molecular weight is 327 g/mol. The molecule has 0 spiro atoms. The molecule has 1 fully saturated rings. The van der Waals surface area contributed by atoms with Crippen LogP contribution in [0.3, 0.4) is 0 Å². The molecule has 1 N–H and O–H groups in total. The molecule has 3 rings (SSSR count). The summed E-state index contributed by atoms with van der Waals surface area (Å²) >= 11 is 0. The van der Waals surface area contributed by atoms with E-state index >= 15 is 0 Å². The Hall–Kier alpha value is -2.21. The van der Waals surface area contributed by atoms with Crippen LogP contribution in [0.15, 0.2) is 30.5 Å². The third kappa shape index (κ3) is 3.82. The summed E-state index contributed by atoms with van der Waals surface area (Å²) in [5.41, 5.74) is 2.42. The van der Waals surface area contributed by atoms with Crippen LogP contribution in [-0.2, 0) is 13.6 Å². The molecule has 2 aromatic rings. The van der Waals surface area contributed by atoms with Gasteiger partial charge in [-0.25, -0.2) is 0 Å². The number of pyridine rings is 1. The second-order valence-electron chi connectivity index (χ2n) is 6.38. The minimum Gasteiger partial charge on any atom is -0.328 e. The van der Waals surface area contributed by atoms with E-state index in [1.54, 1.807) is 10.9 Å². The Morgan fingerprint density at radius 1 is 1.38 bits per heavy atom. The summed E-state index contributed by atoms with van der Waals surface area (Å²) in [6.45, 7) is 4.41. The minimum atomic E-state index is 0.0376. The van der Waals surface area contributed by atoms with Gasteiger partial charge in [0.2, 0.25) is 0 Å². The van der Waals surface area contributed by atoms with Crippen molar-refractivity contribution in [2.24, 2.45) is 7.05 Å². The van der Waals surface area contributed by atoms with Crippen molar-refractivity contribution < 1.29 is 4.79 Å². The van der Waals surface area contributed by atoms with Crippen LogP contribution < -0.4 is 5.32 Å². The van der Waals surface area contributed by atoms with E-state index in [9.17, 15) is 4.79 Å². The highest BCUT2D eigenvalue weighted by Crippen LogP contribution is 2.19. The summed E-state index contributed by atoms with van der Waals surface area (Å²) in [6, 6.07) is 7.93. The van der Waals surface area contributed by atoms with E-state index in [0.29, 0.717) is 12.2 Å². The molecule has 0 saturated carbocycles. The largest absolute Gasteiger partial charge is 0.328 e. The molecule has 1 atom stereocenters. The molecular weight excluding hydrogens is 302 g/mol. The maximum atomic E-state index is 13.2. The van der Waals surface area contributed by atoms with Gasteiger partial charge in [-0.15, -0.1) is 0 Å². The van der Waals surface area contributed by atoms with Crippen molar-refractivity contribution in [3.63, 3.8) is 0 Å². The maximum absolute atomic E-state index is 13.2. The fourth-order valence-electron chi connectivity index (χ4n) is 3.30. The lowest BCUT2D eigenvalue weighted by molar-refractivity contribution is 0.0631. The molecule has 2 aromatic heterocycles. The highest BCUT2D eigenvalue weighted by Gasteiger charge is 2.28. The van der Waals surface area contributed by atoms with Gasteiger partial charge in [0, 0.05) is 19.3 Å². The number of carbonyl (C=O) groups is 1. The third-order valence-electron chi connectivity index (χ3n) is 4.53. The second kappa shape index (κ2) is 7.57. The van der Waals surface area contributed by atoms with Gasteiger partial charge < -0.3 is 10.2 Å². The van der Waals surface area contributed by atoms with Gasteiger partial charge in [0.1, 0.15) is 5.69 Å². The van der Waals surface area contributed by atoms with E-state index in [1.807, 2.05) is 43.1 Å². The first-order chi connectivity index (χ1) is 11.6. The number of aromatic nitrogens is 3. The van der Waals surface area contributed by atoms with Crippen molar-refractivity contribution in [2.75, 3.05) is 13.1 Å². The SMILES string of the molecule is Cc1cc(C(=O)N(Cc2ccccn2)C2CCCNCC2)n(C)n1. The Balaban J connectivity index is 1.88. The smallest absolute Gasteiger partial charge is 0.272 e. The number of rotatable bonds is 4. The van der Waals surface area contributed by atoms with Crippen LogP contribution in [-0.4, -0.2) is 44.7 Å². The van der Waals surface area contributed by atoms with Crippen molar-refractivity contribution in [1.29, 1.82) is 0 Å². The van der Waals surface area contributed by atoms with Gasteiger partial charge >= 0.3 is 0 Å². The molecule has 0 bridgehead atoms. The highest BCUT2D eigenvalue weighted by atomic mass is 16.2. The molecule has 1 aliphatic rings. The Morgan fingerprint density at radius 2 is 2.25 bits per heavy atom. The molecule has 128 valence electrons.